The summed E-state index contributed by atoms with van der Waals surface area (Å²) in [5.74, 6) is -0.348. The van der Waals surface area contributed by atoms with Gasteiger partial charge >= 0.3 is 5.97 Å². The van der Waals surface area contributed by atoms with E-state index in [0.717, 1.165) is 5.56 Å². The van der Waals surface area contributed by atoms with E-state index in [1.165, 1.54) is 7.11 Å². The molecule has 0 radical (unpaired) electrons. The second kappa shape index (κ2) is 4.06. The van der Waals surface area contributed by atoms with Crippen LogP contribution in [0.2, 0.25) is 0 Å². The number of nitrogens with zero attached hydrogens (tertiary/aromatic N) is 1. The van der Waals surface area contributed by atoms with Crippen LogP contribution >= 0.6 is 0 Å². The van der Waals surface area contributed by atoms with E-state index in [0.29, 0.717) is 0 Å². The number of methoxy groups -OCH3 is 1. The van der Waals surface area contributed by atoms with Crippen LogP contribution in [-0.2, 0) is 4.74 Å². The summed E-state index contributed by atoms with van der Waals surface area (Å²) in [5, 5.41) is 0. The lowest BCUT2D eigenvalue weighted by molar-refractivity contribution is 0.0601. The lowest BCUT2D eigenvalue weighted by Gasteiger charge is -2.08. The second-order valence-electron chi connectivity index (χ2n) is 2.98. The number of anilines is 1. The molecule has 0 aliphatic heterocycles. The van der Waals surface area contributed by atoms with Crippen molar-refractivity contribution in [2.24, 2.45) is 5.73 Å². The third-order valence-corrected chi connectivity index (χ3v) is 1.87. The number of hydrogen-bond acceptors (Lipinski definition) is 5. The molecule has 5 heteroatoms. The van der Waals surface area contributed by atoms with Crippen LogP contribution in [0.25, 0.3) is 0 Å². The average Bonchev–Trinajstić information content (AvgIpc) is 2.17. The van der Waals surface area contributed by atoms with Crippen molar-refractivity contribution in [1.29, 1.82) is 0 Å². The van der Waals surface area contributed by atoms with Gasteiger partial charge in [-0.05, 0) is 18.6 Å². The quantitative estimate of drug-likeness (QED) is 0.669. The molecule has 1 atom stereocenters. The topological polar surface area (TPSA) is 91.2 Å². The summed E-state index contributed by atoms with van der Waals surface area (Å²) in [7, 11) is 1.29. The first-order valence-corrected chi connectivity index (χ1v) is 4.15. The van der Waals surface area contributed by atoms with E-state index in [9.17, 15) is 4.79 Å². The highest BCUT2D eigenvalue weighted by Gasteiger charge is 2.12. The predicted octanol–water partition coefficient (Wildman–Crippen LogP) is 0.470. The van der Waals surface area contributed by atoms with Gasteiger partial charge in [0.1, 0.15) is 11.4 Å². The maximum absolute atomic E-state index is 11.2. The average molecular weight is 195 g/mol. The lowest BCUT2D eigenvalue weighted by Crippen LogP contribution is -2.11. The number of rotatable bonds is 2. The van der Waals surface area contributed by atoms with Crippen molar-refractivity contribution >= 4 is 11.8 Å². The standard InChI is InChI=1S/C9H13N3O2/c1-5(10)6-3-7(9(13)14-2)8(11)12-4-6/h3-5H,10H2,1-2H3,(H2,11,12)/t5-/m1/s1. The molecule has 0 saturated carbocycles. The summed E-state index contributed by atoms with van der Waals surface area (Å²) in [6, 6.07) is 1.41. The van der Waals surface area contributed by atoms with Gasteiger partial charge in [0.15, 0.2) is 0 Å². The highest BCUT2D eigenvalue weighted by atomic mass is 16.5. The van der Waals surface area contributed by atoms with Crippen LogP contribution in [0.3, 0.4) is 0 Å². The Balaban J connectivity index is 3.15. The monoisotopic (exact) mass is 195 g/mol. The van der Waals surface area contributed by atoms with Gasteiger partial charge in [-0.25, -0.2) is 9.78 Å². The minimum absolute atomic E-state index is 0.154. The molecule has 0 bridgehead atoms. The summed E-state index contributed by atoms with van der Waals surface area (Å²) in [4.78, 5) is 15.1. The first-order valence-electron chi connectivity index (χ1n) is 4.15. The van der Waals surface area contributed by atoms with Gasteiger partial charge in [0, 0.05) is 12.2 Å². The van der Waals surface area contributed by atoms with Crippen LogP contribution in [-0.4, -0.2) is 18.1 Å². The molecule has 1 heterocycles. The maximum Gasteiger partial charge on any atom is 0.341 e. The van der Waals surface area contributed by atoms with Crippen molar-refractivity contribution in [3.63, 3.8) is 0 Å². The van der Waals surface area contributed by atoms with Crippen molar-refractivity contribution < 1.29 is 9.53 Å². The summed E-state index contributed by atoms with van der Waals surface area (Å²) in [5.41, 5.74) is 12.2. The van der Waals surface area contributed by atoms with E-state index in [2.05, 4.69) is 9.72 Å². The van der Waals surface area contributed by atoms with Crippen LogP contribution in [0.1, 0.15) is 28.9 Å². The molecule has 0 unspecified atom stereocenters. The third-order valence-electron chi connectivity index (χ3n) is 1.87. The number of esters is 1. The Morgan fingerprint density at radius 3 is 2.79 bits per heavy atom. The number of aromatic nitrogens is 1. The number of carbonyl (C=O) groups is 1. The van der Waals surface area contributed by atoms with Crippen molar-refractivity contribution in [3.8, 4) is 0 Å². The highest BCUT2D eigenvalue weighted by Crippen LogP contribution is 2.15. The Morgan fingerprint density at radius 1 is 1.64 bits per heavy atom. The molecule has 0 aliphatic carbocycles. The molecule has 4 N–H and O–H groups in total. The molecule has 14 heavy (non-hydrogen) atoms. The number of hydrogen-bond donors (Lipinski definition) is 2. The SMILES string of the molecule is COC(=O)c1cc([C@@H](C)N)cnc1N. The molecule has 1 aromatic heterocycles. The van der Waals surface area contributed by atoms with Crippen LogP contribution in [0.15, 0.2) is 12.3 Å². The summed E-state index contributed by atoms with van der Waals surface area (Å²) >= 11 is 0. The third kappa shape index (κ3) is 2.00. The summed E-state index contributed by atoms with van der Waals surface area (Å²) in [6.07, 6.45) is 1.55. The number of ether oxygens (including phenoxy) is 1. The Bertz CT molecular complexity index is 350. The van der Waals surface area contributed by atoms with Crippen LogP contribution < -0.4 is 11.5 Å². The van der Waals surface area contributed by atoms with E-state index in [1.807, 2.05) is 0 Å². The fraction of sp³-hybridized carbons (Fsp3) is 0.333. The predicted molar refractivity (Wildman–Crippen MR) is 52.6 cm³/mol. The first-order chi connectivity index (χ1) is 6.56. The minimum atomic E-state index is -0.502. The zero-order chi connectivity index (χ0) is 10.7. The van der Waals surface area contributed by atoms with Gasteiger partial charge in [-0.3, -0.25) is 0 Å². The van der Waals surface area contributed by atoms with Crippen LogP contribution in [0, 0.1) is 0 Å². The molecule has 0 aliphatic rings. The Morgan fingerprint density at radius 2 is 2.29 bits per heavy atom. The van der Waals surface area contributed by atoms with E-state index in [4.69, 9.17) is 11.5 Å². The van der Waals surface area contributed by atoms with Gasteiger partial charge in [0.2, 0.25) is 0 Å². The zero-order valence-corrected chi connectivity index (χ0v) is 8.15. The molecule has 1 aromatic rings. The molecule has 5 nitrogen and oxygen atoms in total. The van der Waals surface area contributed by atoms with Gasteiger partial charge in [0.25, 0.3) is 0 Å². The molecule has 0 saturated heterocycles. The minimum Gasteiger partial charge on any atom is -0.465 e. The van der Waals surface area contributed by atoms with Gasteiger partial charge in [-0.1, -0.05) is 0 Å². The molecule has 0 aromatic carbocycles. The molecule has 0 amide bonds. The molecular weight excluding hydrogens is 182 g/mol. The fourth-order valence-corrected chi connectivity index (χ4v) is 1.01. The molecular formula is C9H13N3O2. The van der Waals surface area contributed by atoms with Crippen molar-refractivity contribution in [1.82, 2.24) is 4.98 Å². The molecule has 1 rings (SSSR count). The smallest absolute Gasteiger partial charge is 0.341 e. The van der Waals surface area contributed by atoms with E-state index >= 15 is 0 Å². The largest absolute Gasteiger partial charge is 0.465 e. The molecule has 76 valence electrons. The highest BCUT2D eigenvalue weighted by molar-refractivity contribution is 5.94. The first kappa shape index (κ1) is 10.5. The maximum atomic E-state index is 11.2. The van der Waals surface area contributed by atoms with Gasteiger partial charge in [-0.2, -0.15) is 0 Å². The van der Waals surface area contributed by atoms with E-state index in [-0.39, 0.29) is 17.4 Å². The van der Waals surface area contributed by atoms with Gasteiger partial charge in [0.05, 0.1) is 7.11 Å². The number of nitrogen functional groups attached to an aromatic ring is 1. The Hall–Kier alpha value is -1.62. The number of carbonyl (C=O) groups excluding carboxylic acids is 1. The summed E-state index contributed by atoms with van der Waals surface area (Å²) < 4.78 is 4.55. The Labute approximate surface area is 82.1 Å². The van der Waals surface area contributed by atoms with Crippen LogP contribution in [0.4, 0.5) is 5.82 Å². The van der Waals surface area contributed by atoms with Gasteiger partial charge < -0.3 is 16.2 Å². The van der Waals surface area contributed by atoms with Gasteiger partial charge in [-0.15, -0.1) is 0 Å². The normalized spacial score (nSPS) is 12.2. The Kier molecular flexibility index (Phi) is 3.03. The lowest BCUT2D eigenvalue weighted by atomic mass is 10.1. The zero-order valence-electron chi connectivity index (χ0n) is 8.15. The number of nitrogens with two attached hydrogens (primary N) is 2. The van der Waals surface area contributed by atoms with Crippen molar-refractivity contribution in [2.75, 3.05) is 12.8 Å². The molecule has 0 fully saturated rings. The molecule has 0 spiro atoms. The number of pyridine rings is 1. The van der Waals surface area contributed by atoms with E-state index < -0.39 is 5.97 Å². The van der Waals surface area contributed by atoms with Crippen molar-refractivity contribution in [2.45, 2.75) is 13.0 Å². The van der Waals surface area contributed by atoms with Crippen molar-refractivity contribution in [3.05, 3.63) is 23.4 Å². The van der Waals surface area contributed by atoms with Crippen LogP contribution in [0.5, 0.6) is 0 Å². The fourth-order valence-electron chi connectivity index (χ4n) is 1.01. The van der Waals surface area contributed by atoms with E-state index in [1.54, 1.807) is 19.2 Å². The summed E-state index contributed by atoms with van der Waals surface area (Å²) in [6.45, 7) is 1.80. The second-order valence-corrected chi connectivity index (χ2v) is 2.98.